The molecule has 0 saturated heterocycles. The van der Waals surface area contributed by atoms with Crippen molar-refractivity contribution in [3.05, 3.63) is 0 Å². The van der Waals surface area contributed by atoms with E-state index in [-0.39, 0.29) is 43.2 Å². The first-order valence-corrected chi connectivity index (χ1v) is 0.707. The monoisotopic (exact) mass is 131 g/mol. The normalized spacial score (nSPS) is 4.50. The van der Waals surface area contributed by atoms with Crippen LogP contribution < -0.4 is 15.1 Å². The van der Waals surface area contributed by atoms with Crippen molar-refractivity contribution in [2.24, 2.45) is 0 Å². The summed E-state index contributed by atoms with van der Waals surface area (Å²) in [5, 5.41) is 25.2. The Labute approximate surface area is 65.5 Å². The molecule has 6 heteroatoms. The van der Waals surface area contributed by atoms with E-state index in [1.165, 1.54) is 0 Å². The maximum absolute atomic E-state index is 8.42. The van der Waals surface area contributed by atoms with Gasteiger partial charge in [-0.25, -0.2) is 0 Å². The van der Waals surface area contributed by atoms with Crippen LogP contribution in [-0.2, 0) is 25.8 Å². The molecule has 6 heavy (non-hydrogen) atoms. The van der Waals surface area contributed by atoms with Crippen LogP contribution in [0.2, 0.25) is 0 Å². The largest absolute Gasteiger partial charge is 3.00 e. The standard InChI is InChI=1S/Al.BO3.Sc/c;2-1(3)4;/q;-3;+3. The van der Waals surface area contributed by atoms with Crippen LogP contribution in [0.25, 0.3) is 0 Å². The van der Waals surface area contributed by atoms with Crippen LogP contribution in [0.15, 0.2) is 0 Å². The zero-order valence-corrected chi connectivity index (χ0v) is 5.91. The van der Waals surface area contributed by atoms with E-state index in [0.717, 1.165) is 0 Å². The molecule has 0 aliphatic carbocycles. The zero-order chi connectivity index (χ0) is 3.58. The maximum Gasteiger partial charge on any atom is 3.00 e. The molecule has 0 bridgehead atoms. The molecule has 0 unspecified atom stereocenters. The molecule has 0 aliphatic rings. The SMILES string of the molecule is [Al].[O-]B([O-])[O-].[Sc+3]. The molecule has 0 aromatic heterocycles. The summed E-state index contributed by atoms with van der Waals surface area (Å²) < 4.78 is 0. The van der Waals surface area contributed by atoms with Crippen LogP contribution in [0.4, 0.5) is 0 Å². The molecule has 0 spiro atoms. The average Bonchev–Trinajstić information content (AvgIpc) is 0.811. The predicted molar refractivity (Wildman–Crippen MR) is 11.5 cm³/mol. The molecule has 0 amide bonds. The third-order valence-corrected chi connectivity index (χ3v) is 0. The van der Waals surface area contributed by atoms with Crippen molar-refractivity contribution >= 4 is 24.7 Å². The van der Waals surface area contributed by atoms with E-state index < -0.39 is 7.32 Å². The number of rotatable bonds is 0. The third-order valence-electron chi connectivity index (χ3n) is 0. The van der Waals surface area contributed by atoms with Gasteiger partial charge < -0.3 is 15.1 Å². The Bertz CT molecular complexity index is 15.5. The van der Waals surface area contributed by atoms with Crippen molar-refractivity contribution in [2.45, 2.75) is 0 Å². The molecule has 0 aromatic rings. The predicted octanol–water partition coefficient (Wildman–Crippen LogP) is -4.33. The summed E-state index contributed by atoms with van der Waals surface area (Å²) in [6.45, 7) is 0. The number of hydrogen-bond acceptors (Lipinski definition) is 3. The molecule has 3 radical (unpaired) electrons. The molecule has 0 atom stereocenters. The van der Waals surface area contributed by atoms with Crippen molar-refractivity contribution in [3.8, 4) is 0 Å². The first-order valence-electron chi connectivity index (χ1n) is 0.707. The molecular weight excluding hydrogens is 131 g/mol. The second-order valence-corrected chi connectivity index (χ2v) is 0.289. The van der Waals surface area contributed by atoms with Gasteiger partial charge >= 0.3 is 25.8 Å². The van der Waals surface area contributed by atoms with E-state index in [2.05, 4.69) is 0 Å². The van der Waals surface area contributed by atoms with Gasteiger partial charge in [0.25, 0.3) is 0 Å². The van der Waals surface area contributed by atoms with Gasteiger partial charge in [-0.05, 0) is 0 Å². The molecule has 0 heterocycles. The third kappa shape index (κ3) is 55.7. The summed E-state index contributed by atoms with van der Waals surface area (Å²) in [6, 6.07) is 0. The fraction of sp³-hybridized carbons (Fsp3) is 0. The molecule has 3 nitrogen and oxygen atoms in total. The Hall–Kier alpha value is 1.35. The fourth-order valence-electron chi connectivity index (χ4n) is 0. The van der Waals surface area contributed by atoms with Crippen LogP contribution in [0, 0.1) is 0 Å². The van der Waals surface area contributed by atoms with Gasteiger partial charge in [-0.3, -0.25) is 7.32 Å². The van der Waals surface area contributed by atoms with Crippen molar-refractivity contribution < 1.29 is 40.9 Å². The van der Waals surface area contributed by atoms with Gasteiger partial charge in [0.05, 0.1) is 0 Å². The van der Waals surface area contributed by atoms with Crippen LogP contribution >= 0.6 is 0 Å². The van der Waals surface area contributed by atoms with Gasteiger partial charge in [-0.15, -0.1) is 0 Å². The van der Waals surface area contributed by atoms with E-state index in [1.54, 1.807) is 0 Å². The van der Waals surface area contributed by atoms with Crippen LogP contribution in [0.3, 0.4) is 0 Å². The van der Waals surface area contributed by atoms with Crippen molar-refractivity contribution in [2.75, 3.05) is 0 Å². The Balaban J connectivity index is -0.0000000450. The second kappa shape index (κ2) is 9.60. The molecule has 0 aromatic carbocycles. The molecule has 27 valence electrons. The first-order chi connectivity index (χ1) is 1.73. The van der Waals surface area contributed by atoms with Gasteiger partial charge in [0.1, 0.15) is 0 Å². The Morgan fingerprint density at radius 2 is 1.00 bits per heavy atom. The summed E-state index contributed by atoms with van der Waals surface area (Å²) in [7, 11) is -2.92. The van der Waals surface area contributed by atoms with E-state index in [1.807, 2.05) is 0 Å². The smallest absolute Gasteiger partial charge is 0.907 e. The summed E-state index contributed by atoms with van der Waals surface area (Å²) in [5.74, 6) is 0. The van der Waals surface area contributed by atoms with Crippen molar-refractivity contribution in [1.82, 2.24) is 0 Å². The molecule has 0 rings (SSSR count). The van der Waals surface area contributed by atoms with E-state index in [4.69, 9.17) is 15.1 Å². The summed E-state index contributed by atoms with van der Waals surface area (Å²) in [6.07, 6.45) is 0. The van der Waals surface area contributed by atoms with Crippen molar-refractivity contribution in [1.29, 1.82) is 0 Å². The maximum atomic E-state index is 8.42. The zero-order valence-electron chi connectivity index (χ0n) is 2.96. The minimum absolute atomic E-state index is 0. The first kappa shape index (κ1) is 15.7. The quantitative estimate of drug-likeness (QED) is 0.312. The molecule has 0 N–H and O–H groups in total. The van der Waals surface area contributed by atoms with E-state index in [9.17, 15) is 0 Å². The molecule has 0 saturated carbocycles. The summed E-state index contributed by atoms with van der Waals surface area (Å²) >= 11 is 0. The molecular formula is AlBO3Sc. The van der Waals surface area contributed by atoms with Gasteiger partial charge in [0, 0.05) is 17.4 Å². The summed E-state index contributed by atoms with van der Waals surface area (Å²) in [4.78, 5) is 0. The number of hydrogen-bond donors (Lipinski definition) is 0. The van der Waals surface area contributed by atoms with Crippen LogP contribution in [0.1, 0.15) is 0 Å². The van der Waals surface area contributed by atoms with Crippen molar-refractivity contribution in [3.63, 3.8) is 0 Å². The fourth-order valence-corrected chi connectivity index (χ4v) is 0. The van der Waals surface area contributed by atoms with Crippen LogP contribution in [0.5, 0.6) is 0 Å². The Morgan fingerprint density at radius 1 is 1.00 bits per heavy atom. The topological polar surface area (TPSA) is 69.2 Å². The molecule has 0 aliphatic heterocycles. The summed E-state index contributed by atoms with van der Waals surface area (Å²) in [5.41, 5.74) is 0. The second-order valence-electron chi connectivity index (χ2n) is 0.289. The van der Waals surface area contributed by atoms with Gasteiger partial charge in [-0.1, -0.05) is 0 Å². The Kier molecular flexibility index (Phi) is 25.1. The average molecular weight is 131 g/mol. The van der Waals surface area contributed by atoms with Crippen LogP contribution in [-0.4, -0.2) is 24.7 Å². The minimum Gasteiger partial charge on any atom is -0.907 e. The van der Waals surface area contributed by atoms with Gasteiger partial charge in [0.2, 0.25) is 0 Å². The minimum atomic E-state index is -2.92. The van der Waals surface area contributed by atoms with E-state index in [0.29, 0.717) is 0 Å². The van der Waals surface area contributed by atoms with E-state index >= 15 is 0 Å². The Morgan fingerprint density at radius 3 is 1.00 bits per heavy atom. The molecule has 0 fully saturated rings. The van der Waals surface area contributed by atoms with Gasteiger partial charge in [0.15, 0.2) is 0 Å². The van der Waals surface area contributed by atoms with Gasteiger partial charge in [-0.2, -0.15) is 0 Å².